The Hall–Kier alpha value is -1.97. The molecule has 1 rings (SSSR count). The summed E-state index contributed by atoms with van der Waals surface area (Å²) in [5.74, 6) is 0.805. The second kappa shape index (κ2) is 6.50. The maximum Gasteiger partial charge on any atom is 0.512 e. The topological polar surface area (TPSA) is 44.8 Å². The maximum absolute atomic E-state index is 10.6. The van der Waals surface area contributed by atoms with E-state index in [4.69, 9.17) is 4.74 Å². The average Bonchev–Trinajstić information content (AvgIpc) is 2.34. The van der Waals surface area contributed by atoms with Gasteiger partial charge in [-0.3, -0.25) is 0 Å². The van der Waals surface area contributed by atoms with Gasteiger partial charge in [0.25, 0.3) is 0 Å². The SMILES string of the molecule is COC(=O)OC=CCc1cccc(OC)c1. The molecule has 0 amide bonds. The molecule has 4 nitrogen and oxygen atoms in total. The number of allylic oxidation sites excluding steroid dienone is 1. The molecule has 16 heavy (non-hydrogen) atoms. The molecule has 0 fully saturated rings. The van der Waals surface area contributed by atoms with Gasteiger partial charge in [0.05, 0.1) is 20.5 Å². The Bertz CT molecular complexity index is 371. The Morgan fingerprint density at radius 3 is 2.88 bits per heavy atom. The Balaban J connectivity index is 2.44. The normalized spacial score (nSPS) is 10.1. The van der Waals surface area contributed by atoms with Crippen LogP contribution in [0.4, 0.5) is 4.79 Å². The van der Waals surface area contributed by atoms with Gasteiger partial charge in [-0.2, -0.15) is 0 Å². The highest BCUT2D eigenvalue weighted by Gasteiger charge is 1.96. The number of benzene rings is 1. The van der Waals surface area contributed by atoms with Gasteiger partial charge in [0, 0.05) is 0 Å². The zero-order chi connectivity index (χ0) is 11.8. The highest BCUT2D eigenvalue weighted by atomic mass is 16.7. The van der Waals surface area contributed by atoms with E-state index in [2.05, 4.69) is 9.47 Å². The Morgan fingerprint density at radius 2 is 2.19 bits per heavy atom. The molecular formula is C12H14O4. The van der Waals surface area contributed by atoms with Gasteiger partial charge < -0.3 is 14.2 Å². The van der Waals surface area contributed by atoms with Crippen molar-refractivity contribution in [2.24, 2.45) is 0 Å². The molecule has 86 valence electrons. The van der Waals surface area contributed by atoms with Crippen LogP contribution < -0.4 is 4.74 Å². The van der Waals surface area contributed by atoms with Crippen LogP contribution in [-0.4, -0.2) is 20.4 Å². The molecule has 0 aliphatic carbocycles. The van der Waals surface area contributed by atoms with Crippen LogP contribution in [-0.2, 0) is 15.9 Å². The Labute approximate surface area is 94.4 Å². The lowest BCUT2D eigenvalue weighted by Gasteiger charge is -2.01. The van der Waals surface area contributed by atoms with Crippen LogP contribution in [0.25, 0.3) is 0 Å². The zero-order valence-electron chi connectivity index (χ0n) is 9.30. The van der Waals surface area contributed by atoms with Gasteiger partial charge in [-0.05, 0) is 30.2 Å². The van der Waals surface area contributed by atoms with E-state index in [-0.39, 0.29) is 0 Å². The molecule has 0 bridgehead atoms. The Morgan fingerprint density at radius 1 is 1.38 bits per heavy atom. The summed E-state index contributed by atoms with van der Waals surface area (Å²) >= 11 is 0. The van der Waals surface area contributed by atoms with E-state index in [1.165, 1.54) is 13.4 Å². The standard InChI is InChI=1S/C12H14O4/c1-14-11-7-3-5-10(9-11)6-4-8-16-12(13)15-2/h3-5,7-9H,6H2,1-2H3. The van der Waals surface area contributed by atoms with Crippen molar-refractivity contribution in [3.05, 3.63) is 42.2 Å². The number of carbonyl (C=O) groups is 1. The quantitative estimate of drug-likeness (QED) is 0.580. The molecule has 0 unspecified atom stereocenters. The summed E-state index contributed by atoms with van der Waals surface area (Å²) in [5.41, 5.74) is 1.07. The van der Waals surface area contributed by atoms with Crippen LogP contribution in [0.1, 0.15) is 5.56 Å². The van der Waals surface area contributed by atoms with Gasteiger partial charge in [0.15, 0.2) is 0 Å². The number of hydrogen-bond acceptors (Lipinski definition) is 4. The smallest absolute Gasteiger partial charge is 0.497 e. The third-order valence-electron chi connectivity index (χ3n) is 1.91. The summed E-state index contributed by atoms with van der Waals surface area (Å²) < 4.78 is 14.0. The fourth-order valence-corrected chi connectivity index (χ4v) is 1.14. The number of rotatable bonds is 4. The van der Waals surface area contributed by atoms with E-state index in [0.717, 1.165) is 11.3 Å². The van der Waals surface area contributed by atoms with Crippen LogP contribution in [0.5, 0.6) is 5.75 Å². The molecular weight excluding hydrogens is 208 g/mol. The van der Waals surface area contributed by atoms with Gasteiger partial charge in [-0.1, -0.05) is 12.1 Å². The first-order valence-corrected chi connectivity index (χ1v) is 4.79. The molecule has 0 aromatic heterocycles. The first-order valence-electron chi connectivity index (χ1n) is 4.79. The lowest BCUT2D eigenvalue weighted by Crippen LogP contribution is -1.98. The molecule has 4 heteroatoms. The third kappa shape index (κ3) is 4.04. The predicted octanol–water partition coefficient (Wildman–Crippen LogP) is 2.53. The van der Waals surface area contributed by atoms with E-state index < -0.39 is 6.16 Å². The number of ether oxygens (including phenoxy) is 3. The molecule has 0 spiro atoms. The summed E-state index contributed by atoms with van der Waals surface area (Å²) in [4.78, 5) is 10.6. The van der Waals surface area contributed by atoms with Crippen LogP contribution in [0.2, 0.25) is 0 Å². The van der Waals surface area contributed by atoms with Crippen molar-refractivity contribution in [2.45, 2.75) is 6.42 Å². The number of carbonyl (C=O) groups excluding carboxylic acids is 1. The minimum atomic E-state index is -0.720. The molecule has 1 aromatic carbocycles. The summed E-state index contributed by atoms with van der Waals surface area (Å²) in [5, 5.41) is 0. The van der Waals surface area contributed by atoms with Crippen LogP contribution >= 0.6 is 0 Å². The summed E-state index contributed by atoms with van der Waals surface area (Å²) in [6.07, 6.45) is 2.98. The average molecular weight is 222 g/mol. The first kappa shape index (κ1) is 12.1. The molecule has 0 aliphatic rings. The summed E-state index contributed by atoms with van der Waals surface area (Å²) in [6.45, 7) is 0. The van der Waals surface area contributed by atoms with E-state index in [0.29, 0.717) is 6.42 Å². The molecule has 0 aliphatic heterocycles. The number of hydrogen-bond donors (Lipinski definition) is 0. The van der Waals surface area contributed by atoms with Gasteiger partial charge in [0.2, 0.25) is 0 Å². The van der Waals surface area contributed by atoms with E-state index in [1.54, 1.807) is 13.2 Å². The molecule has 0 saturated carbocycles. The maximum atomic E-state index is 10.6. The first-order chi connectivity index (χ1) is 7.76. The van der Waals surface area contributed by atoms with E-state index >= 15 is 0 Å². The fraction of sp³-hybridized carbons (Fsp3) is 0.250. The predicted molar refractivity (Wildman–Crippen MR) is 59.3 cm³/mol. The van der Waals surface area contributed by atoms with E-state index in [1.807, 2.05) is 24.3 Å². The second-order valence-electron chi connectivity index (χ2n) is 3.00. The van der Waals surface area contributed by atoms with Crippen molar-refractivity contribution in [1.29, 1.82) is 0 Å². The van der Waals surface area contributed by atoms with Crippen molar-refractivity contribution in [1.82, 2.24) is 0 Å². The molecule has 1 aromatic rings. The van der Waals surface area contributed by atoms with Crippen molar-refractivity contribution in [2.75, 3.05) is 14.2 Å². The summed E-state index contributed by atoms with van der Waals surface area (Å²) in [6, 6.07) is 7.66. The highest BCUT2D eigenvalue weighted by Crippen LogP contribution is 2.13. The molecule has 0 saturated heterocycles. The molecule has 0 N–H and O–H groups in total. The lowest BCUT2D eigenvalue weighted by molar-refractivity contribution is 0.105. The lowest BCUT2D eigenvalue weighted by atomic mass is 10.1. The molecule has 0 heterocycles. The monoisotopic (exact) mass is 222 g/mol. The minimum absolute atomic E-state index is 0.661. The third-order valence-corrected chi connectivity index (χ3v) is 1.91. The molecule has 0 atom stereocenters. The zero-order valence-corrected chi connectivity index (χ0v) is 9.30. The van der Waals surface area contributed by atoms with Gasteiger partial charge in [0.1, 0.15) is 5.75 Å². The Kier molecular flexibility index (Phi) is 4.92. The van der Waals surface area contributed by atoms with Crippen LogP contribution in [0.15, 0.2) is 36.6 Å². The van der Waals surface area contributed by atoms with Crippen molar-refractivity contribution >= 4 is 6.16 Å². The van der Waals surface area contributed by atoms with Crippen molar-refractivity contribution in [3.63, 3.8) is 0 Å². The van der Waals surface area contributed by atoms with Gasteiger partial charge in [-0.25, -0.2) is 4.79 Å². The van der Waals surface area contributed by atoms with Gasteiger partial charge in [-0.15, -0.1) is 0 Å². The second-order valence-corrected chi connectivity index (χ2v) is 3.00. The summed E-state index contributed by atoms with van der Waals surface area (Å²) in [7, 11) is 2.88. The van der Waals surface area contributed by atoms with Gasteiger partial charge >= 0.3 is 6.16 Å². The minimum Gasteiger partial charge on any atom is -0.497 e. The van der Waals surface area contributed by atoms with Crippen LogP contribution in [0, 0.1) is 0 Å². The highest BCUT2D eigenvalue weighted by molar-refractivity contribution is 5.60. The van der Waals surface area contributed by atoms with Crippen molar-refractivity contribution < 1.29 is 19.0 Å². The number of methoxy groups -OCH3 is 2. The van der Waals surface area contributed by atoms with Crippen molar-refractivity contribution in [3.8, 4) is 5.75 Å². The van der Waals surface area contributed by atoms with Crippen LogP contribution in [0.3, 0.4) is 0 Å². The molecule has 0 radical (unpaired) electrons. The fourth-order valence-electron chi connectivity index (χ4n) is 1.14. The largest absolute Gasteiger partial charge is 0.512 e. The van der Waals surface area contributed by atoms with E-state index in [9.17, 15) is 4.79 Å².